The normalized spacial score (nSPS) is 15.0. The molecule has 0 fully saturated rings. The van der Waals surface area contributed by atoms with Gasteiger partial charge in [-0.1, -0.05) is 226 Å². The molecule has 0 rings (SSSR count). The summed E-state index contributed by atoms with van der Waals surface area (Å²) in [6, 6.07) is 0. The van der Waals surface area contributed by atoms with Crippen molar-refractivity contribution < 1.29 is 32.4 Å². The molecule has 51 heavy (non-hydrogen) atoms. The molecule has 0 spiro atoms. The van der Waals surface area contributed by atoms with Gasteiger partial charge in [-0.05, 0) is 26.7 Å². The molecule has 310 valence electrons. The average Bonchev–Trinajstić information content (AvgIpc) is 3.07. The molecule has 0 heterocycles. The van der Waals surface area contributed by atoms with Crippen LogP contribution in [0.1, 0.15) is 252 Å². The molecule has 0 aliphatic carbocycles. The number of aliphatic hydroxyl groups is 2. The maximum atomic E-state index is 11.9. The smallest absolute Gasteiger partial charge is 0.245 e. The van der Waals surface area contributed by atoms with Crippen LogP contribution in [0.2, 0.25) is 0 Å². The molecule has 9 heteroatoms. The third kappa shape index (κ3) is 30.7. The quantitative estimate of drug-likeness (QED) is 0.0185. The lowest BCUT2D eigenvalue weighted by atomic mass is 9.74. The minimum Gasteiger partial charge on any atom is -0.724 e. The summed E-state index contributed by atoms with van der Waals surface area (Å²) < 4.78 is 37.8. The standard InChI is InChI=1S/C42H86O7S.H3N/c1-5-7-9-11-13-15-17-19-21-23-25-27-29-31-33-35-37-39-42(44,41(4,40(3)43)48-49-50(45,46)47)38-36-34-32-30-28-26-24-22-20-18-16-14-12-10-8-6-2;/h40,43-44H,5-39H2,1-4H3,(H,45,46,47);1H3. The molecule has 0 saturated heterocycles. The zero-order valence-corrected chi connectivity index (χ0v) is 35.5. The predicted octanol–water partition coefficient (Wildman–Crippen LogP) is 13.3. The molecule has 0 aliphatic rings. The van der Waals surface area contributed by atoms with Crippen molar-refractivity contribution in [2.75, 3.05) is 0 Å². The van der Waals surface area contributed by atoms with Crippen LogP contribution in [0.4, 0.5) is 0 Å². The second-order valence-electron chi connectivity index (χ2n) is 15.8. The first kappa shape index (κ1) is 52.8. The van der Waals surface area contributed by atoms with Gasteiger partial charge in [0, 0.05) is 0 Å². The lowest BCUT2D eigenvalue weighted by Crippen LogP contribution is -2.60. The molecule has 3 atom stereocenters. The van der Waals surface area contributed by atoms with E-state index in [2.05, 4.69) is 18.2 Å². The molecule has 8 nitrogen and oxygen atoms in total. The summed E-state index contributed by atoms with van der Waals surface area (Å²) in [5.74, 6) is 0. The second kappa shape index (κ2) is 35.4. The number of unbranched alkanes of at least 4 members (excludes halogenated alkanes) is 31. The Morgan fingerprint density at radius 3 is 0.922 bits per heavy atom. The van der Waals surface area contributed by atoms with E-state index in [-0.39, 0.29) is 6.15 Å². The first-order valence-corrected chi connectivity index (χ1v) is 23.1. The van der Waals surface area contributed by atoms with Gasteiger partial charge in [0.05, 0.1) is 11.7 Å². The summed E-state index contributed by atoms with van der Waals surface area (Å²) in [4.78, 5) is 5.08. The lowest BCUT2D eigenvalue weighted by molar-refractivity contribution is -0.358. The number of hydrogen-bond donors (Lipinski definition) is 3. The van der Waals surface area contributed by atoms with Crippen LogP contribution in [0.3, 0.4) is 0 Å². The molecule has 0 aromatic heterocycles. The molecule has 0 aromatic rings. The Morgan fingerprint density at radius 2 is 0.725 bits per heavy atom. The maximum Gasteiger partial charge on any atom is 0.245 e. The highest BCUT2D eigenvalue weighted by atomic mass is 32.3. The third-order valence-corrected chi connectivity index (χ3v) is 11.4. The first-order chi connectivity index (χ1) is 24.0. The highest BCUT2D eigenvalue weighted by Crippen LogP contribution is 2.39. The van der Waals surface area contributed by atoms with Crippen LogP contribution in [-0.4, -0.2) is 40.5 Å². The van der Waals surface area contributed by atoms with Crippen LogP contribution in [0.25, 0.3) is 0 Å². The monoisotopic (exact) mass is 752 g/mol. The predicted molar refractivity (Wildman–Crippen MR) is 216 cm³/mol. The van der Waals surface area contributed by atoms with Gasteiger partial charge >= 0.3 is 0 Å². The van der Waals surface area contributed by atoms with E-state index in [0.717, 1.165) is 51.4 Å². The van der Waals surface area contributed by atoms with E-state index >= 15 is 0 Å². The zero-order chi connectivity index (χ0) is 37.2. The van der Waals surface area contributed by atoms with Gasteiger partial charge in [0.1, 0.15) is 0 Å². The van der Waals surface area contributed by atoms with Gasteiger partial charge in [0.15, 0.2) is 5.60 Å². The zero-order valence-electron chi connectivity index (χ0n) is 34.7. The Balaban J connectivity index is 0. The fourth-order valence-corrected chi connectivity index (χ4v) is 7.60. The Bertz CT molecular complexity index is 828. The van der Waals surface area contributed by atoms with E-state index in [1.807, 2.05) is 0 Å². The second-order valence-corrected chi connectivity index (χ2v) is 16.8. The van der Waals surface area contributed by atoms with E-state index in [0.29, 0.717) is 12.8 Å². The molecule has 3 unspecified atom stereocenters. The summed E-state index contributed by atoms with van der Waals surface area (Å²) >= 11 is 0. The lowest BCUT2D eigenvalue weighted by Gasteiger charge is -2.45. The molecule has 0 bridgehead atoms. The van der Waals surface area contributed by atoms with Crippen molar-refractivity contribution >= 4 is 10.4 Å². The molecule has 6 N–H and O–H groups in total. The summed E-state index contributed by atoms with van der Waals surface area (Å²) in [5, 5.41) is 22.5. The van der Waals surface area contributed by atoms with Crippen molar-refractivity contribution in [2.45, 2.75) is 270 Å². The number of aliphatic hydroxyl groups excluding tert-OH is 1. The van der Waals surface area contributed by atoms with Gasteiger partial charge in [-0.25, -0.2) is 13.3 Å². The Morgan fingerprint density at radius 1 is 0.510 bits per heavy atom. The van der Waals surface area contributed by atoms with E-state index in [4.69, 9.17) is 4.89 Å². The fourth-order valence-electron chi connectivity index (χ4n) is 7.38. The van der Waals surface area contributed by atoms with Crippen LogP contribution < -0.4 is 6.15 Å². The molecule has 0 amide bonds. The number of quaternary nitrogens is 1. The molecule has 0 radical (unpaired) electrons. The highest BCUT2D eigenvalue weighted by molar-refractivity contribution is 7.80. The summed E-state index contributed by atoms with van der Waals surface area (Å²) in [6.07, 6.45) is 40.9. The Hall–Kier alpha value is -0.290. The molecule has 0 saturated carbocycles. The number of hydrogen-bond acceptors (Lipinski definition) is 7. The van der Waals surface area contributed by atoms with Crippen LogP contribution in [0.5, 0.6) is 0 Å². The van der Waals surface area contributed by atoms with E-state index in [9.17, 15) is 23.2 Å². The van der Waals surface area contributed by atoms with Gasteiger partial charge in [0.2, 0.25) is 10.4 Å². The molecular formula is C42H89NO7S. The van der Waals surface area contributed by atoms with Crippen LogP contribution in [-0.2, 0) is 19.6 Å². The van der Waals surface area contributed by atoms with Crippen LogP contribution >= 0.6 is 0 Å². The maximum absolute atomic E-state index is 11.9. The van der Waals surface area contributed by atoms with Gasteiger partial charge in [0.25, 0.3) is 0 Å². The van der Waals surface area contributed by atoms with Crippen molar-refractivity contribution in [1.82, 2.24) is 6.15 Å². The first-order valence-electron chi connectivity index (χ1n) is 21.8. The highest BCUT2D eigenvalue weighted by Gasteiger charge is 2.52. The molecule has 0 aromatic carbocycles. The summed E-state index contributed by atoms with van der Waals surface area (Å²) in [6.45, 7) is 7.42. The van der Waals surface area contributed by atoms with Crippen LogP contribution in [0, 0.1) is 0 Å². The van der Waals surface area contributed by atoms with Gasteiger partial charge in [-0.3, -0.25) is 0 Å². The van der Waals surface area contributed by atoms with E-state index in [1.165, 1.54) is 174 Å². The van der Waals surface area contributed by atoms with Crippen LogP contribution in [0.15, 0.2) is 0 Å². The molecular weight excluding hydrogens is 663 g/mol. The Kier molecular flexibility index (Phi) is 36.7. The number of rotatable bonds is 40. The van der Waals surface area contributed by atoms with E-state index in [1.54, 1.807) is 0 Å². The summed E-state index contributed by atoms with van der Waals surface area (Å²) in [5.41, 5.74) is -3.29. The van der Waals surface area contributed by atoms with Crippen molar-refractivity contribution in [2.24, 2.45) is 0 Å². The SMILES string of the molecule is CCCCCCCCCCCCCCCCCCCC(O)(CCCCCCCCCCCCCCCCCC)C(C)(OOS(=O)(=O)[O-])C(C)O.[NH4+]. The van der Waals surface area contributed by atoms with E-state index < -0.39 is 27.7 Å². The van der Waals surface area contributed by atoms with Crippen molar-refractivity contribution in [1.29, 1.82) is 0 Å². The minimum absolute atomic E-state index is 0. The average molecular weight is 752 g/mol. The van der Waals surface area contributed by atoms with Crippen molar-refractivity contribution in [3.05, 3.63) is 0 Å². The van der Waals surface area contributed by atoms with Gasteiger partial charge < -0.3 is 20.9 Å². The largest absolute Gasteiger partial charge is 0.724 e. The Labute approximate surface area is 317 Å². The topological polar surface area (TPSA) is 153 Å². The molecule has 0 aliphatic heterocycles. The van der Waals surface area contributed by atoms with Gasteiger partial charge in [-0.2, -0.15) is 0 Å². The van der Waals surface area contributed by atoms with Crippen molar-refractivity contribution in [3.63, 3.8) is 0 Å². The fraction of sp³-hybridized carbons (Fsp3) is 1.00. The minimum atomic E-state index is -5.15. The third-order valence-electron chi connectivity index (χ3n) is 11.1. The van der Waals surface area contributed by atoms with Gasteiger partial charge in [-0.15, -0.1) is 4.33 Å². The van der Waals surface area contributed by atoms with Crippen molar-refractivity contribution in [3.8, 4) is 0 Å². The summed E-state index contributed by atoms with van der Waals surface area (Å²) in [7, 11) is -5.15.